The fraction of sp³-hybridized carbons (Fsp3) is 0.300. The number of carbonyl (C=O) groups is 2. The summed E-state index contributed by atoms with van der Waals surface area (Å²) in [6, 6.07) is 12.8. The number of halogens is 2. The van der Waals surface area contributed by atoms with Crippen molar-refractivity contribution in [3.05, 3.63) is 59.4 Å². The highest BCUT2D eigenvalue weighted by Gasteiger charge is 2.43. The highest BCUT2D eigenvalue weighted by Crippen LogP contribution is 2.29. The maximum absolute atomic E-state index is 13.5. The van der Waals surface area contributed by atoms with Crippen molar-refractivity contribution < 1.29 is 14.0 Å². The summed E-state index contributed by atoms with van der Waals surface area (Å²) in [6.45, 7) is 2.77. The number of para-hydroxylation sites is 1. The van der Waals surface area contributed by atoms with Crippen molar-refractivity contribution in [1.82, 2.24) is 4.90 Å². The second kappa shape index (κ2) is 7.29. The van der Waals surface area contributed by atoms with Crippen LogP contribution in [0.5, 0.6) is 0 Å². The molecule has 0 spiro atoms. The maximum atomic E-state index is 13.5. The molecule has 0 aromatic heterocycles. The second-order valence-electron chi connectivity index (χ2n) is 6.74. The maximum Gasteiger partial charge on any atom is 0.251 e. The van der Waals surface area contributed by atoms with Crippen molar-refractivity contribution in [2.45, 2.75) is 12.5 Å². The van der Waals surface area contributed by atoms with Crippen LogP contribution in [0.3, 0.4) is 0 Å². The zero-order chi connectivity index (χ0) is 19.0. The molecule has 0 radical (unpaired) electrons. The summed E-state index contributed by atoms with van der Waals surface area (Å²) >= 11 is 6.27. The molecule has 0 bridgehead atoms. The van der Waals surface area contributed by atoms with Gasteiger partial charge < -0.3 is 4.90 Å². The Balaban J connectivity index is 1.45. The predicted octanol–water partition coefficient (Wildman–Crippen LogP) is 2.93. The van der Waals surface area contributed by atoms with Gasteiger partial charge in [0.15, 0.2) is 0 Å². The van der Waals surface area contributed by atoms with Gasteiger partial charge in [0.1, 0.15) is 5.82 Å². The number of nitrogens with zero attached hydrogens (tertiary/aromatic N) is 3. The quantitative estimate of drug-likeness (QED) is 0.759. The average Bonchev–Trinajstić information content (AvgIpc) is 2.96. The van der Waals surface area contributed by atoms with Crippen molar-refractivity contribution >= 4 is 34.8 Å². The van der Waals surface area contributed by atoms with Crippen molar-refractivity contribution in [2.24, 2.45) is 0 Å². The molecule has 2 aliphatic rings. The van der Waals surface area contributed by atoms with Gasteiger partial charge in [-0.15, -0.1) is 0 Å². The lowest BCUT2D eigenvalue weighted by Crippen LogP contribution is -2.52. The van der Waals surface area contributed by atoms with Gasteiger partial charge in [0, 0.05) is 26.2 Å². The van der Waals surface area contributed by atoms with E-state index in [-0.39, 0.29) is 18.2 Å². The summed E-state index contributed by atoms with van der Waals surface area (Å²) in [7, 11) is 0. The van der Waals surface area contributed by atoms with Crippen molar-refractivity contribution in [1.29, 1.82) is 0 Å². The number of hydrogen-bond acceptors (Lipinski definition) is 4. The molecule has 1 atom stereocenters. The van der Waals surface area contributed by atoms with Crippen LogP contribution >= 0.6 is 11.6 Å². The molecule has 7 heteroatoms. The summed E-state index contributed by atoms with van der Waals surface area (Å²) in [5, 5.41) is 0.704. The average molecular weight is 388 g/mol. The number of benzene rings is 2. The molecule has 2 aliphatic heterocycles. The zero-order valence-electron chi connectivity index (χ0n) is 14.6. The van der Waals surface area contributed by atoms with Gasteiger partial charge in [-0.3, -0.25) is 14.5 Å². The molecule has 2 saturated heterocycles. The van der Waals surface area contributed by atoms with E-state index in [1.54, 1.807) is 6.07 Å². The lowest BCUT2D eigenvalue weighted by Gasteiger charge is -2.38. The SMILES string of the molecule is O=C1C[C@@H](N2CCN(c3ccccc3Cl)CC2)C(=O)N1c1cccc(F)c1. The number of piperazine rings is 1. The van der Waals surface area contributed by atoms with E-state index in [2.05, 4.69) is 4.90 Å². The normalized spacial score (nSPS) is 21.2. The van der Waals surface area contributed by atoms with Crippen molar-refractivity contribution in [3.8, 4) is 0 Å². The van der Waals surface area contributed by atoms with E-state index in [9.17, 15) is 14.0 Å². The van der Waals surface area contributed by atoms with E-state index in [0.29, 0.717) is 23.8 Å². The van der Waals surface area contributed by atoms with E-state index < -0.39 is 11.9 Å². The first-order chi connectivity index (χ1) is 13.0. The molecule has 140 valence electrons. The Morgan fingerprint density at radius 2 is 1.70 bits per heavy atom. The van der Waals surface area contributed by atoms with Crippen molar-refractivity contribution in [3.63, 3.8) is 0 Å². The van der Waals surface area contributed by atoms with Crippen LogP contribution in [0, 0.1) is 5.82 Å². The first-order valence-electron chi connectivity index (χ1n) is 8.90. The number of hydrogen-bond donors (Lipinski definition) is 0. The molecular formula is C20H19ClFN3O2. The van der Waals surface area contributed by atoms with Gasteiger partial charge in [-0.05, 0) is 30.3 Å². The first-order valence-corrected chi connectivity index (χ1v) is 9.28. The molecule has 2 heterocycles. The first kappa shape index (κ1) is 17.9. The monoisotopic (exact) mass is 387 g/mol. The van der Waals surface area contributed by atoms with Crippen LogP contribution < -0.4 is 9.80 Å². The van der Waals surface area contributed by atoms with Crippen LogP contribution in [0.2, 0.25) is 5.02 Å². The molecule has 0 unspecified atom stereocenters. The number of imide groups is 1. The van der Waals surface area contributed by atoms with E-state index >= 15 is 0 Å². The minimum absolute atomic E-state index is 0.126. The zero-order valence-corrected chi connectivity index (χ0v) is 15.4. The van der Waals surface area contributed by atoms with Crippen LogP contribution in [0.4, 0.5) is 15.8 Å². The molecule has 0 aliphatic carbocycles. The Kier molecular flexibility index (Phi) is 4.85. The molecule has 4 rings (SSSR count). The van der Waals surface area contributed by atoms with Crippen LogP contribution in [0.25, 0.3) is 0 Å². The molecule has 5 nitrogen and oxygen atoms in total. The minimum atomic E-state index is -0.492. The third-order valence-electron chi connectivity index (χ3n) is 5.14. The molecule has 2 fully saturated rings. The van der Waals surface area contributed by atoms with Gasteiger partial charge in [-0.2, -0.15) is 0 Å². The highest BCUT2D eigenvalue weighted by molar-refractivity contribution is 6.33. The topological polar surface area (TPSA) is 43.9 Å². The van der Waals surface area contributed by atoms with Gasteiger partial charge in [0.25, 0.3) is 5.91 Å². The lowest BCUT2D eigenvalue weighted by molar-refractivity contribution is -0.123. The molecule has 27 heavy (non-hydrogen) atoms. The molecule has 0 N–H and O–H groups in total. The van der Waals surface area contributed by atoms with Crippen LogP contribution in [0.1, 0.15) is 6.42 Å². The van der Waals surface area contributed by atoms with E-state index in [1.807, 2.05) is 29.2 Å². The lowest BCUT2D eigenvalue weighted by atomic mass is 10.1. The fourth-order valence-electron chi connectivity index (χ4n) is 3.77. The molecule has 2 amide bonds. The number of amides is 2. The number of rotatable bonds is 3. The number of anilines is 2. The van der Waals surface area contributed by atoms with Crippen LogP contribution in [-0.2, 0) is 9.59 Å². The van der Waals surface area contributed by atoms with Crippen LogP contribution in [0.15, 0.2) is 48.5 Å². The summed E-state index contributed by atoms with van der Waals surface area (Å²) in [5.74, 6) is -1.04. The standard InChI is InChI=1S/C20H19ClFN3O2/c21-16-6-1-2-7-17(16)23-8-10-24(11-9-23)18-13-19(26)25(20(18)27)15-5-3-4-14(22)12-15/h1-7,12,18H,8-11,13H2/t18-/m1/s1. The Hall–Kier alpha value is -2.44. The fourth-order valence-corrected chi connectivity index (χ4v) is 4.03. The summed E-state index contributed by atoms with van der Waals surface area (Å²) in [6.07, 6.45) is 0.126. The number of carbonyl (C=O) groups excluding carboxylic acids is 2. The van der Waals surface area contributed by atoms with Gasteiger partial charge in [0.2, 0.25) is 5.91 Å². The third kappa shape index (κ3) is 3.42. The van der Waals surface area contributed by atoms with E-state index in [4.69, 9.17) is 11.6 Å². The Morgan fingerprint density at radius 1 is 0.963 bits per heavy atom. The summed E-state index contributed by atoms with van der Waals surface area (Å²) in [4.78, 5) is 30.6. The Morgan fingerprint density at radius 3 is 2.41 bits per heavy atom. The second-order valence-corrected chi connectivity index (χ2v) is 7.15. The Bertz CT molecular complexity index is 883. The van der Waals surface area contributed by atoms with Crippen LogP contribution in [-0.4, -0.2) is 48.9 Å². The summed E-state index contributed by atoms with van der Waals surface area (Å²) < 4.78 is 13.5. The van der Waals surface area contributed by atoms with Gasteiger partial charge in [-0.25, -0.2) is 9.29 Å². The molecule has 0 saturated carbocycles. The molecule has 2 aromatic carbocycles. The smallest absolute Gasteiger partial charge is 0.251 e. The van der Waals surface area contributed by atoms with Crippen molar-refractivity contribution in [2.75, 3.05) is 36.0 Å². The predicted molar refractivity (Wildman–Crippen MR) is 103 cm³/mol. The van der Waals surface area contributed by atoms with E-state index in [1.165, 1.54) is 18.2 Å². The van der Waals surface area contributed by atoms with Gasteiger partial charge >= 0.3 is 0 Å². The third-order valence-corrected chi connectivity index (χ3v) is 5.46. The Labute approximate surface area is 161 Å². The molecule has 2 aromatic rings. The summed E-state index contributed by atoms with van der Waals surface area (Å²) in [5.41, 5.74) is 1.27. The minimum Gasteiger partial charge on any atom is -0.368 e. The highest BCUT2D eigenvalue weighted by atomic mass is 35.5. The van der Waals surface area contributed by atoms with Gasteiger partial charge in [0.05, 0.1) is 28.9 Å². The largest absolute Gasteiger partial charge is 0.368 e. The van der Waals surface area contributed by atoms with E-state index in [0.717, 1.165) is 23.7 Å². The van der Waals surface area contributed by atoms with Gasteiger partial charge in [-0.1, -0.05) is 29.8 Å². The molecular weight excluding hydrogens is 369 g/mol.